The van der Waals surface area contributed by atoms with Gasteiger partial charge in [0, 0.05) is 23.4 Å². The summed E-state index contributed by atoms with van der Waals surface area (Å²) in [6.45, 7) is 1.53. The van der Waals surface area contributed by atoms with Crippen LogP contribution in [-0.2, 0) is 4.79 Å². The zero-order valence-electron chi connectivity index (χ0n) is 13.1. The number of rotatable bonds is 3. The summed E-state index contributed by atoms with van der Waals surface area (Å²) in [6.07, 6.45) is 4.58. The molecule has 24 heavy (non-hydrogen) atoms. The van der Waals surface area contributed by atoms with E-state index in [4.69, 9.17) is 23.2 Å². The number of carbonyl (C=O) groups excluding carboxylic acids is 1. The molecule has 1 atom stereocenters. The molecule has 0 spiro atoms. The van der Waals surface area contributed by atoms with Crippen molar-refractivity contribution in [3.05, 3.63) is 75.8 Å². The molecule has 2 aromatic carbocycles. The van der Waals surface area contributed by atoms with Gasteiger partial charge in [-0.05, 0) is 41.5 Å². The quantitative estimate of drug-likeness (QED) is 0.727. The predicted molar refractivity (Wildman–Crippen MR) is 99.3 cm³/mol. The van der Waals surface area contributed by atoms with Crippen LogP contribution >= 0.6 is 23.2 Å². The number of carbonyl (C=O) groups is 1. The Kier molecular flexibility index (Phi) is 5.03. The smallest absolute Gasteiger partial charge is 0.240 e. The van der Waals surface area contributed by atoms with E-state index in [-0.39, 0.29) is 11.9 Å². The molecule has 0 radical (unpaired) electrons. The molecule has 122 valence electrons. The van der Waals surface area contributed by atoms with Crippen molar-refractivity contribution in [1.82, 2.24) is 5.01 Å². The van der Waals surface area contributed by atoms with Crippen LogP contribution in [0.3, 0.4) is 0 Å². The van der Waals surface area contributed by atoms with Crippen molar-refractivity contribution in [2.75, 3.05) is 0 Å². The summed E-state index contributed by atoms with van der Waals surface area (Å²) in [4.78, 5) is 11.9. The van der Waals surface area contributed by atoms with Crippen LogP contribution in [0.4, 0.5) is 0 Å². The first-order chi connectivity index (χ1) is 11.5. The molecule has 1 amide bonds. The number of allylic oxidation sites excluding steroid dienone is 1. The molecule has 0 unspecified atom stereocenters. The van der Waals surface area contributed by atoms with Crippen LogP contribution in [0.25, 0.3) is 6.08 Å². The Hall–Kier alpha value is -2.10. The summed E-state index contributed by atoms with van der Waals surface area (Å²) >= 11 is 11.8. The summed E-state index contributed by atoms with van der Waals surface area (Å²) in [7, 11) is 0. The average molecular weight is 359 g/mol. The van der Waals surface area contributed by atoms with Crippen molar-refractivity contribution in [2.24, 2.45) is 5.10 Å². The molecule has 5 heteroatoms. The number of amides is 1. The Bertz CT molecular complexity index is 795. The van der Waals surface area contributed by atoms with E-state index in [1.807, 2.05) is 60.7 Å². The van der Waals surface area contributed by atoms with Crippen molar-refractivity contribution in [1.29, 1.82) is 0 Å². The lowest BCUT2D eigenvalue weighted by Gasteiger charge is -2.20. The average Bonchev–Trinajstić information content (AvgIpc) is 3.00. The number of hydrogen-bond acceptors (Lipinski definition) is 2. The van der Waals surface area contributed by atoms with Crippen LogP contribution < -0.4 is 0 Å². The summed E-state index contributed by atoms with van der Waals surface area (Å²) < 4.78 is 0. The summed E-state index contributed by atoms with van der Waals surface area (Å²) in [5, 5.41) is 7.37. The van der Waals surface area contributed by atoms with Crippen molar-refractivity contribution in [2.45, 2.75) is 19.4 Å². The first-order valence-corrected chi connectivity index (χ1v) is 8.35. The van der Waals surface area contributed by atoms with E-state index < -0.39 is 0 Å². The molecule has 1 aliphatic rings. The van der Waals surface area contributed by atoms with Crippen LogP contribution in [0.5, 0.6) is 0 Å². The van der Waals surface area contributed by atoms with Crippen LogP contribution in [0.15, 0.2) is 59.7 Å². The second kappa shape index (κ2) is 7.20. The fraction of sp³-hybridized carbons (Fsp3) is 0.158. The molecule has 0 saturated carbocycles. The van der Waals surface area contributed by atoms with Crippen LogP contribution in [0, 0.1) is 0 Å². The lowest BCUT2D eigenvalue weighted by atomic mass is 10.0. The highest BCUT2D eigenvalue weighted by Gasteiger charge is 2.29. The van der Waals surface area contributed by atoms with E-state index in [0.717, 1.165) is 16.8 Å². The van der Waals surface area contributed by atoms with Crippen molar-refractivity contribution in [3.8, 4) is 0 Å². The third-order valence-corrected chi connectivity index (χ3v) is 4.35. The number of hydrogen-bond donors (Lipinski definition) is 0. The zero-order valence-corrected chi connectivity index (χ0v) is 14.6. The number of halogens is 2. The molecule has 0 aliphatic carbocycles. The van der Waals surface area contributed by atoms with E-state index in [1.54, 1.807) is 0 Å². The number of nitrogens with zero attached hydrogens (tertiary/aromatic N) is 2. The molecule has 0 aromatic heterocycles. The minimum absolute atomic E-state index is 0.0788. The molecule has 0 saturated heterocycles. The highest BCUT2D eigenvalue weighted by Crippen LogP contribution is 2.31. The molecular formula is C19H16Cl2N2O. The van der Waals surface area contributed by atoms with Gasteiger partial charge in [-0.2, -0.15) is 5.10 Å². The normalized spacial score (nSPS) is 17.4. The van der Waals surface area contributed by atoms with Gasteiger partial charge in [-0.15, -0.1) is 0 Å². The Morgan fingerprint density at radius 1 is 1.04 bits per heavy atom. The van der Waals surface area contributed by atoms with Crippen molar-refractivity contribution < 1.29 is 4.79 Å². The molecule has 3 nitrogen and oxygen atoms in total. The van der Waals surface area contributed by atoms with Gasteiger partial charge in [-0.1, -0.05) is 53.5 Å². The third-order valence-electron chi connectivity index (χ3n) is 3.85. The molecule has 0 N–H and O–H groups in total. The second-order valence-electron chi connectivity index (χ2n) is 5.61. The minimum atomic E-state index is -0.0929. The van der Waals surface area contributed by atoms with Gasteiger partial charge in [0.05, 0.1) is 11.8 Å². The van der Waals surface area contributed by atoms with Gasteiger partial charge in [0.25, 0.3) is 0 Å². The maximum Gasteiger partial charge on any atom is 0.240 e. The van der Waals surface area contributed by atoms with Crippen LogP contribution in [0.1, 0.15) is 30.5 Å². The van der Waals surface area contributed by atoms with Gasteiger partial charge in [-0.3, -0.25) is 4.79 Å². The van der Waals surface area contributed by atoms with E-state index >= 15 is 0 Å². The highest BCUT2D eigenvalue weighted by atomic mass is 35.5. The van der Waals surface area contributed by atoms with Crippen LogP contribution in [0.2, 0.25) is 10.0 Å². The molecule has 1 aliphatic heterocycles. The first-order valence-electron chi connectivity index (χ1n) is 7.59. The SMILES string of the molecule is CC(=O)N1N=C(/C=C/c2ccc(Cl)cc2)C[C@@H]1c1ccc(Cl)cc1. The Balaban J connectivity index is 1.80. The van der Waals surface area contributed by atoms with Gasteiger partial charge >= 0.3 is 0 Å². The Morgan fingerprint density at radius 2 is 1.62 bits per heavy atom. The highest BCUT2D eigenvalue weighted by molar-refractivity contribution is 6.30. The summed E-state index contributed by atoms with van der Waals surface area (Å²) in [5.41, 5.74) is 2.92. The van der Waals surface area contributed by atoms with E-state index in [9.17, 15) is 4.79 Å². The molecule has 1 heterocycles. The molecule has 0 fully saturated rings. The van der Waals surface area contributed by atoms with Crippen molar-refractivity contribution >= 4 is 40.9 Å². The summed E-state index contributed by atoms with van der Waals surface area (Å²) in [6, 6.07) is 15.0. The van der Waals surface area contributed by atoms with E-state index in [2.05, 4.69) is 5.10 Å². The lowest BCUT2D eigenvalue weighted by Crippen LogP contribution is -2.24. The van der Waals surface area contributed by atoms with Crippen LogP contribution in [-0.4, -0.2) is 16.6 Å². The maximum absolute atomic E-state index is 11.9. The predicted octanol–water partition coefficient (Wildman–Crippen LogP) is 5.36. The van der Waals surface area contributed by atoms with Gasteiger partial charge in [0.2, 0.25) is 5.91 Å². The van der Waals surface area contributed by atoms with Gasteiger partial charge in [0.15, 0.2) is 0 Å². The number of benzene rings is 2. The maximum atomic E-state index is 11.9. The molecular weight excluding hydrogens is 343 g/mol. The monoisotopic (exact) mass is 358 g/mol. The first kappa shape index (κ1) is 16.7. The topological polar surface area (TPSA) is 32.7 Å². The van der Waals surface area contributed by atoms with Gasteiger partial charge in [-0.25, -0.2) is 5.01 Å². The zero-order chi connectivity index (χ0) is 17.1. The lowest BCUT2D eigenvalue weighted by molar-refractivity contribution is -0.130. The molecule has 2 aromatic rings. The standard InChI is InChI=1S/C19H16Cl2N2O/c1-13(24)23-19(15-5-9-17(21)10-6-15)12-18(22-23)11-4-14-2-7-16(20)8-3-14/h2-11,19H,12H2,1H3/b11-4+/t19-/m1/s1. The molecule has 3 rings (SSSR count). The summed E-state index contributed by atoms with van der Waals surface area (Å²) in [5.74, 6) is -0.0788. The molecule has 0 bridgehead atoms. The van der Waals surface area contributed by atoms with Crippen molar-refractivity contribution in [3.63, 3.8) is 0 Å². The second-order valence-corrected chi connectivity index (χ2v) is 6.48. The third kappa shape index (κ3) is 3.86. The largest absolute Gasteiger partial charge is 0.273 e. The minimum Gasteiger partial charge on any atom is -0.273 e. The Morgan fingerprint density at radius 3 is 2.21 bits per heavy atom. The number of hydrazone groups is 1. The fourth-order valence-electron chi connectivity index (χ4n) is 2.64. The fourth-order valence-corrected chi connectivity index (χ4v) is 2.89. The van der Waals surface area contributed by atoms with E-state index in [1.165, 1.54) is 11.9 Å². The van der Waals surface area contributed by atoms with Gasteiger partial charge in [0.1, 0.15) is 0 Å². The Labute approximate surface area is 151 Å². The van der Waals surface area contributed by atoms with E-state index in [0.29, 0.717) is 16.5 Å². The van der Waals surface area contributed by atoms with Gasteiger partial charge < -0.3 is 0 Å².